The van der Waals surface area contributed by atoms with E-state index in [0.717, 1.165) is 35.7 Å². The van der Waals surface area contributed by atoms with Gasteiger partial charge in [0.1, 0.15) is 9.09 Å². The number of para-hydroxylation sites is 1. The number of nitrogens with zero attached hydrogens (tertiary/aromatic N) is 3. The van der Waals surface area contributed by atoms with E-state index >= 15 is 0 Å². The van der Waals surface area contributed by atoms with Crippen LogP contribution < -0.4 is 4.90 Å². The molecule has 2 saturated heterocycles. The number of rotatable bonds is 6. The number of carbonyl (C=O) groups is 2. The fourth-order valence-corrected chi connectivity index (χ4v) is 8.59. The molecule has 2 unspecified atom stereocenters. The Morgan fingerprint density at radius 2 is 1.55 bits per heavy atom. The second kappa shape index (κ2) is 10.9. The molecule has 5 rings (SSSR count). The zero-order chi connectivity index (χ0) is 26.9. The molecule has 1 aromatic heterocycles. The maximum atomic E-state index is 13.9. The summed E-state index contributed by atoms with van der Waals surface area (Å²) in [6, 6.07) is 21.3. The number of benzene rings is 2. The van der Waals surface area contributed by atoms with E-state index in [0.29, 0.717) is 18.7 Å². The first kappa shape index (κ1) is 26.4. The molecule has 38 heavy (non-hydrogen) atoms. The number of amides is 1. The minimum Gasteiger partial charge on any atom is -0.465 e. The molecular weight excluding hydrogens is 522 g/mol. The number of piperazine rings is 1. The van der Waals surface area contributed by atoms with E-state index in [1.54, 1.807) is 13.0 Å². The molecule has 2 aliphatic rings. The Morgan fingerprint density at radius 1 is 0.921 bits per heavy atom. The standard InChI is InChI=1S/C28H31N3O5S2/c1-20-17-25(27(33)36-2)37-28(20)38(34,35)31-18-23(21-9-5-3-6-10-21)24(19-31)26(32)30-15-13-29(14-16-30)22-11-7-4-8-12-22/h3-12,17,23-24H,13-16,18-19H2,1-2H3. The molecule has 200 valence electrons. The number of esters is 1. The van der Waals surface area contributed by atoms with Gasteiger partial charge in [-0.3, -0.25) is 4.79 Å². The van der Waals surface area contributed by atoms with Crippen molar-refractivity contribution < 1.29 is 22.7 Å². The van der Waals surface area contributed by atoms with Gasteiger partial charge in [-0.05, 0) is 36.2 Å². The summed E-state index contributed by atoms with van der Waals surface area (Å²) in [5.41, 5.74) is 2.58. The van der Waals surface area contributed by atoms with Gasteiger partial charge >= 0.3 is 5.97 Å². The molecule has 3 heterocycles. The normalized spacial score (nSPS) is 20.5. The molecule has 2 fully saturated rings. The number of ether oxygens (including phenoxy) is 1. The van der Waals surface area contributed by atoms with E-state index in [-0.39, 0.29) is 34.0 Å². The average Bonchev–Trinajstić information content (AvgIpc) is 3.59. The summed E-state index contributed by atoms with van der Waals surface area (Å²) >= 11 is 0.914. The first-order valence-electron chi connectivity index (χ1n) is 12.6. The SMILES string of the molecule is COC(=O)c1cc(C)c(S(=O)(=O)N2CC(C(=O)N3CCN(c4ccccc4)CC3)C(c3ccccc3)C2)s1. The topological polar surface area (TPSA) is 87.2 Å². The van der Waals surface area contributed by atoms with Gasteiger partial charge in [-0.25, -0.2) is 13.2 Å². The van der Waals surface area contributed by atoms with Crippen molar-refractivity contribution in [3.63, 3.8) is 0 Å². The smallest absolute Gasteiger partial charge is 0.348 e. The third-order valence-corrected chi connectivity index (χ3v) is 11.0. The van der Waals surface area contributed by atoms with Crippen LogP contribution in [-0.4, -0.2) is 75.9 Å². The van der Waals surface area contributed by atoms with E-state index < -0.39 is 21.9 Å². The number of anilines is 1. The van der Waals surface area contributed by atoms with E-state index in [2.05, 4.69) is 17.0 Å². The van der Waals surface area contributed by atoms with Crippen LogP contribution in [0.5, 0.6) is 0 Å². The highest BCUT2D eigenvalue weighted by molar-refractivity contribution is 7.91. The Hall–Kier alpha value is -3.21. The summed E-state index contributed by atoms with van der Waals surface area (Å²) in [5.74, 6) is -1.32. The minimum absolute atomic E-state index is 0.0117. The molecule has 3 aromatic rings. The predicted molar refractivity (Wildman–Crippen MR) is 147 cm³/mol. The number of methoxy groups -OCH3 is 1. The lowest BCUT2D eigenvalue weighted by molar-refractivity contribution is -0.135. The number of aryl methyl sites for hydroxylation is 1. The molecule has 1 amide bonds. The van der Waals surface area contributed by atoms with Gasteiger partial charge in [-0.1, -0.05) is 48.5 Å². The molecular formula is C28H31N3O5S2. The molecule has 2 aromatic carbocycles. The Morgan fingerprint density at radius 3 is 2.18 bits per heavy atom. The lowest BCUT2D eigenvalue weighted by Gasteiger charge is -2.37. The summed E-state index contributed by atoms with van der Waals surface area (Å²) in [7, 11) is -2.64. The Kier molecular flexibility index (Phi) is 7.56. The Labute approximate surface area is 227 Å². The highest BCUT2D eigenvalue weighted by Gasteiger charge is 2.46. The second-order valence-electron chi connectivity index (χ2n) is 9.67. The number of hydrogen-bond donors (Lipinski definition) is 0. The zero-order valence-corrected chi connectivity index (χ0v) is 23.1. The number of thiophene rings is 1. The van der Waals surface area contributed by atoms with Crippen LogP contribution >= 0.6 is 11.3 Å². The van der Waals surface area contributed by atoms with E-state index in [9.17, 15) is 18.0 Å². The Bertz CT molecular complexity index is 1400. The van der Waals surface area contributed by atoms with Crippen molar-refractivity contribution in [2.24, 2.45) is 5.92 Å². The maximum Gasteiger partial charge on any atom is 0.348 e. The van der Waals surface area contributed by atoms with Gasteiger partial charge in [0.05, 0.1) is 13.0 Å². The summed E-state index contributed by atoms with van der Waals surface area (Å²) in [6.45, 7) is 4.62. The van der Waals surface area contributed by atoms with Crippen molar-refractivity contribution in [2.45, 2.75) is 17.1 Å². The second-order valence-corrected chi connectivity index (χ2v) is 12.9. The Balaban J connectivity index is 1.38. The van der Waals surface area contributed by atoms with Gasteiger partial charge < -0.3 is 14.5 Å². The van der Waals surface area contributed by atoms with Crippen LogP contribution in [0.3, 0.4) is 0 Å². The van der Waals surface area contributed by atoms with Crippen molar-refractivity contribution in [1.29, 1.82) is 0 Å². The van der Waals surface area contributed by atoms with Crippen LogP contribution in [0.2, 0.25) is 0 Å². The third kappa shape index (κ3) is 5.08. The van der Waals surface area contributed by atoms with Gasteiger partial charge in [0.15, 0.2) is 0 Å². The quantitative estimate of drug-likeness (QED) is 0.434. The lowest BCUT2D eigenvalue weighted by Crippen LogP contribution is -2.51. The van der Waals surface area contributed by atoms with Crippen molar-refractivity contribution >= 4 is 38.9 Å². The fourth-order valence-electron chi connectivity index (χ4n) is 5.35. The highest BCUT2D eigenvalue weighted by Crippen LogP contribution is 2.39. The summed E-state index contributed by atoms with van der Waals surface area (Å²) in [5, 5.41) is 0. The lowest BCUT2D eigenvalue weighted by atomic mass is 9.88. The number of sulfonamides is 1. The average molecular weight is 554 g/mol. The van der Waals surface area contributed by atoms with Crippen LogP contribution in [0.25, 0.3) is 0 Å². The minimum atomic E-state index is -3.91. The molecule has 0 aliphatic carbocycles. The van der Waals surface area contributed by atoms with Gasteiger partial charge in [-0.15, -0.1) is 11.3 Å². The summed E-state index contributed by atoms with van der Waals surface area (Å²) < 4.78 is 33.8. The highest BCUT2D eigenvalue weighted by atomic mass is 32.2. The zero-order valence-electron chi connectivity index (χ0n) is 21.4. The summed E-state index contributed by atoms with van der Waals surface area (Å²) in [6.07, 6.45) is 0. The molecule has 0 N–H and O–H groups in total. The van der Waals surface area contributed by atoms with Crippen molar-refractivity contribution in [3.8, 4) is 0 Å². The molecule has 0 saturated carbocycles. The fraction of sp³-hybridized carbons (Fsp3) is 0.357. The molecule has 2 aliphatic heterocycles. The van der Waals surface area contributed by atoms with Gasteiger partial charge in [-0.2, -0.15) is 4.31 Å². The molecule has 2 atom stereocenters. The first-order chi connectivity index (χ1) is 18.3. The monoisotopic (exact) mass is 553 g/mol. The molecule has 8 nitrogen and oxygen atoms in total. The third-order valence-electron chi connectivity index (χ3n) is 7.38. The van der Waals surface area contributed by atoms with Gasteiger partial charge in [0.25, 0.3) is 10.0 Å². The number of hydrogen-bond acceptors (Lipinski definition) is 7. The van der Waals surface area contributed by atoms with Crippen LogP contribution in [0.1, 0.15) is 26.7 Å². The van der Waals surface area contributed by atoms with E-state index in [1.165, 1.54) is 11.4 Å². The number of carbonyl (C=O) groups excluding carboxylic acids is 2. The van der Waals surface area contributed by atoms with Crippen LogP contribution in [0.4, 0.5) is 5.69 Å². The van der Waals surface area contributed by atoms with Crippen molar-refractivity contribution in [3.05, 3.63) is 82.7 Å². The molecule has 0 radical (unpaired) electrons. The van der Waals surface area contributed by atoms with Gasteiger partial charge in [0.2, 0.25) is 5.91 Å². The van der Waals surface area contributed by atoms with Crippen LogP contribution in [0, 0.1) is 12.8 Å². The summed E-state index contributed by atoms with van der Waals surface area (Å²) in [4.78, 5) is 30.3. The van der Waals surface area contributed by atoms with Crippen LogP contribution in [0.15, 0.2) is 70.9 Å². The predicted octanol–water partition coefficient (Wildman–Crippen LogP) is 3.60. The van der Waals surface area contributed by atoms with Crippen molar-refractivity contribution in [1.82, 2.24) is 9.21 Å². The van der Waals surface area contributed by atoms with Gasteiger partial charge in [0, 0.05) is 50.9 Å². The first-order valence-corrected chi connectivity index (χ1v) is 14.9. The van der Waals surface area contributed by atoms with Crippen LogP contribution in [-0.2, 0) is 19.6 Å². The molecule has 10 heteroatoms. The van der Waals surface area contributed by atoms with Crippen molar-refractivity contribution in [2.75, 3.05) is 51.3 Å². The molecule has 0 bridgehead atoms. The van der Waals surface area contributed by atoms with E-state index in [1.807, 2.05) is 53.4 Å². The van der Waals surface area contributed by atoms with E-state index in [4.69, 9.17) is 4.74 Å². The maximum absolute atomic E-state index is 13.9. The largest absolute Gasteiger partial charge is 0.465 e. The molecule has 0 spiro atoms.